The molecule has 1 aliphatic rings. The third kappa shape index (κ3) is 3.05. The van der Waals surface area contributed by atoms with Gasteiger partial charge in [-0.1, -0.05) is 48.5 Å². The van der Waals surface area contributed by atoms with Gasteiger partial charge in [0, 0.05) is 17.7 Å². The minimum atomic E-state index is -0.164. The molecule has 3 aromatic carbocycles. The lowest BCUT2D eigenvalue weighted by Crippen LogP contribution is -2.15. The SMILES string of the molecule is COc1ccc(C2c3c(ccc4ccccc34)Oc3ncn4nc(-c5ccccn5)nc4c32)cc1. The predicted molar refractivity (Wildman–Crippen MR) is 132 cm³/mol. The highest BCUT2D eigenvalue weighted by Crippen LogP contribution is 2.50. The number of rotatable bonds is 3. The molecule has 1 atom stereocenters. The first kappa shape index (κ1) is 19.7. The van der Waals surface area contributed by atoms with Crippen molar-refractivity contribution in [2.45, 2.75) is 5.92 Å². The molecule has 3 aromatic heterocycles. The second-order valence-electron chi connectivity index (χ2n) is 8.39. The Kier molecular flexibility index (Phi) is 4.29. The Bertz CT molecular complexity index is 1710. The van der Waals surface area contributed by atoms with E-state index in [2.05, 4.69) is 51.5 Å². The van der Waals surface area contributed by atoms with Gasteiger partial charge in [0.15, 0.2) is 5.65 Å². The van der Waals surface area contributed by atoms with Crippen LogP contribution >= 0.6 is 0 Å². The molecule has 0 radical (unpaired) electrons. The van der Waals surface area contributed by atoms with E-state index in [9.17, 15) is 0 Å². The van der Waals surface area contributed by atoms with Crippen molar-refractivity contribution in [2.75, 3.05) is 7.11 Å². The zero-order valence-electron chi connectivity index (χ0n) is 18.8. The highest BCUT2D eigenvalue weighted by atomic mass is 16.5. The zero-order valence-corrected chi connectivity index (χ0v) is 18.8. The van der Waals surface area contributed by atoms with Gasteiger partial charge in [-0.05, 0) is 46.7 Å². The average molecular weight is 457 g/mol. The minimum Gasteiger partial charge on any atom is -0.497 e. The van der Waals surface area contributed by atoms with Crippen molar-refractivity contribution in [1.29, 1.82) is 0 Å². The molecule has 168 valence electrons. The van der Waals surface area contributed by atoms with E-state index in [1.54, 1.807) is 24.1 Å². The van der Waals surface area contributed by atoms with Gasteiger partial charge in [-0.15, -0.1) is 5.10 Å². The number of benzene rings is 3. The highest BCUT2D eigenvalue weighted by molar-refractivity contribution is 5.91. The summed E-state index contributed by atoms with van der Waals surface area (Å²) in [5.74, 6) is 2.50. The summed E-state index contributed by atoms with van der Waals surface area (Å²) >= 11 is 0. The fraction of sp³-hybridized carbons (Fsp3) is 0.0714. The quantitative estimate of drug-likeness (QED) is 0.342. The molecule has 1 unspecified atom stereocenters. The van der Waals surface area contributed by atoms with Crippen LogP contribution in [0.15, 0.2) is 91.4 Å². The first-order valence-corrected chi connectivity index (χ1v) is 11.3. The van der Waals surface area contributed by atoms with Gasteiger partial charge in [0.2, 0.25) is 11.7 Å². The summed E-state index contributed by atoms with van der Waals surface area (Å²) in [5.41, 5.74) is 4.43. The predicted octanol–water partition coefficient (Wildman–Crippen LogP) is 5.63. The highest BCUT2D eigenvalue weighted by Gasteiger charge is 2.34. The fourth-order valence-corrected chi connectivity index (χ4v) is 4.84. The lowest BCUT2D eigenvalue weighted by Gasteiger charge is -2.29. The average Bonchev–Trinajstić information content (AvgIpc) is 3.37. The molecule has 0 aliphatic carbocycles. The maximum absolute atomic E-state index is 6.37. The molecule has 0 bridgehead atoms. The van der Waals surface area contributed by atoms with Crippen molar-refractivity contribution in [2.24, 2.45) is 0 Å². The van der Waals surface area contributed by atoms with Crippen molar-refractivity contribution in [3.05, 3.63) is 108 Å². The number of aromatic nitrogens is 5. The summed E-state index contributed by atoms with van der Waals surface area (Å²) < 4.78 is 13.5. The molecule has 4 heterocycles. The third-order valence-corrected chi connectivity index (χ3v) is 6.44. The summed E-state index contributed by atoms with van der Waals surface area (Å²) in [5, 5.41) is 6.94. The Morgan fingerprint density at radius 2 is 1.71 bits per heavy atom. The van der Waals surface area contributed by atoms with Crippen molar-refractivity contribution >= 4 is 16.4 Å². The molecule has 7 heteroatoms. The van der Waals surface area contributed by atoms with Crippen LogP contribution in [0, 0.1) is 0 Å². The zero-order chi connectivity index (χ0) is 23.4. The van der Waals surface area contributed by atoms with E-state index in [0.717, 1.165) is 39.0 Å². The number of ether oxygens (including phenoxy) is 2. The Balaban J connectivity index is 1.53. The summed E-state index contributed by atoms with van der Waals surface area (Å²) in [4.78, 5) is 14.0. The maximum Gasteiger partial charge on any atom is 0.228 e. The summed E-state index contributed by atoms with van der Waals surface area (Å²) in [6.45, 7) is 0. The van der Waals surface area contributed by atoms with Crippen molar-refractivity contribution in [1.82, 2.24) is 24.6 Å². The first-order chi connectivity index (χ1) is 17.3. The molecule has 7 nitrogen and oxygen atoms in total. The summed E-state index contributed by atoms with van der Waals surface area (Å²) in [6.07, 6.45) is 3.38. The fourth-order valence-electron chi connectivity index (χ4n) is 4.84. The normalized spacial score (nSPS) is 14.4. The van der Waals surface area contributed by atoms with Gasteiger partial charge in [-0.25, -0.2) is 14.5 Å². The molecule has 6 aromatic rings. The van der Waals surface area contributed by atoms with Crippen LogP contribution in [-0.4, -0.2) is 31.7 Å². The number of hydrogen-bond acceptors (Lipinski definition) is 6. The van der Waals surface area contributed by atoms with E-state index in [1.807, 2.05) is 42.5 Å². The van der Waals surface area contributed by atoms with Crippen molar-refractivity contribution in [3.63, 3.8) is 0 Å². The molecule has 0 saturated heterocycles. The van der Waals surface area contributed by atoms with Crippen LogP contribution in [0.5, 0.6) is 17.4 Å². The molecule has 7 rings (SSSR count). The number of methoxy groups -OCH3 is 1. The second kappa shape index (κ2) is 7.63. The number of hydrogen-bond donors (Lipinski definition) is 0. The Morgan fingerprint density at radius 3 is 2.54 bits per heavy atom. The smallest absolute Gasteiger partial charge is 0.228 e. The van der Waals surface area contributed by atoms with E-state index < -0.39 is 0 Å². The lowest BCUT2D eigenvalue weighted by atomic mass is 9.81. The third-order valence-electron chi connectivity index (χ3n) is 6.44. The van der Waals surface area contributed by atoms with E-state index in [1.165, 1.54) is 0 Å². The van der Waals surface area contributed by atoms with Gasteiger partial charge < -0.3 is 9.47 Å². The lowest BCUT2D eigenvalue weighted by molar-refractivity contribution is 0.414. The van der Waals surface area contributed by atoms with Crippen molar-refractivity contribution in [3.8, 4) is 28.9 Å². The summed E-state index contributed by atoms with van der Waals surface area (Å²) in [6, 6.07) is 26.3. The standard InChI is InChI=1S/C28H19N5O2/c1-34-19-12-9-18(10-13-19)23-24-20-7-3-2-6-17(20)11-14-22(24)35-28-25(23)27-31-26(32-33(27)16-30-28)21-8-4-5-15-29-21/h2-16,23H,1H3. The maximum atomic E-state index is 6.37. The van der Waals surface area contributed by atoms with Gasteiger partial charge in [-0.2, -0.15) is 0 Å². The molecular formula is C28H19N5O2. The molecule has 0 spiro atoms. The molecule has 0 saturated carbocycles. The monoisotopic (exact) mass is 457 g/mol. The molecule has 0 N–H and O–H groups in total. The molecule has 0 fully saturated rings. The van der Waals surface area contributed by atoms with E-state index >= 15 is 0 Å². The van der Waals surface area contributed by atoms with Gasteiger partial charge in [0.05, 0.1) is 12.7 Å². The Morgan fingerprint density at radius 1 is 0.857 bits per heavy atom. The van der Waals surface area contributed by atoms with Crippen LogP contribution in [0.4, 0.5) is 0 Å². The van der Waals surface area contributed by atoms with E-state index in [-0.39, 0.29) is 5.92 Å². The Labute approximate surface area is 200 Å². The van der Waals surface area contributed by atoms with Crippen molar-refractivity contribution < 1.29 is 9.47 Å². The number of nitrogens with zero attached hydrogens (tertiary/aromatic N) is 5. The minimum absolute atomic E-state index is 0.164. The van der Waals surface area contributed by atoms with Gasteiger partial charge in [0.25, 0.3) is 0 Å². The largest absolute Gasteiger partial charge is 0.497 e. The van der Waals surface area contributed by atoms with E-state index in [4.69, 9.17) is 14.5 Å². The topological polar surface area (TPSA) is 74.4 Å². The van der Waals surface area contributed by atoms with Gasteiger partial charge in [-0.3, -0.25) is 4.98 Å². The van der Waals surface area contributed by atoms with Gasteiger partial charge >= 0.3 is 0 Å². The molecule has 1 aliphatic heterocycles. The van der Waals surface area contributed by atoms with E-state index in [0.29, 0.717) is 23.0 Å². The van der Waals surface area contributed by atoms with Crippen LogP contribution in [0.1, 0.15) is 22.6 Å². The molecule has 35 heavy (non-hydrogen) atoms. The second-order valence-corrected chi connectivity index (χ2v) is 8.39. The Hall–Kier alpha value is -4.78. The number of pyridine rings is 1. The van der Waals surface area contributed by atoms with Crippen LogP contribution in [0.25, 0.3) is 27.9 Å². The van der Waals surface area contributed by atoms with Crippen LogP contribution in [-0.2, 0) is 0 Å². The molecule has 0 amide bonds. The van der Waals surface area contributed by atoms with Crippen LogP contribution < -0.4 is 9.47 Å². The van der Waals surface area contributed by atoms with Gasteiger partial charge in [0.1, 0.15) is 23.5 Å². The first-order valence-electron chi connectivity index (χ1n) is 11.3. The summed E-state index contributed by atoms with van der Waals surface area (Å²) in [7, 11) is 1.67. The number of fused-ring (bicyclic) bond motifs is 6. The van der Waals surface area contributed by atoms with Crippen LogP contribution in [0.3, 0.4) is 0 Å². The van der Waals surface area contributed by atoms with Crippen LogP contribution in [0.2, 0.25) is 0 Å². The molecular weight excluding hydrogens is 438 g/mol.